The number of rotatable bonds is 4. The smallest absolute Gasteiger partial charge is 0.396 e. The molecule has 1 amide bonds. The van der Waals surface area contributed by atoms with Gasteiger partial charge in [0.05, 0.1) is 6.54 Å². The Morgan fingerprint density at radius 3 is 2.61 bits per heavy atom. The van der Waals surface area contributed by atoms with E-state index in [1.165, 1.54) is 11.8 Å². The van der Waals surface area contributed by atoms with Gasteiger partial charge < -0.3 is 15.3 Å². The van der Waals surface area contributed by atoms with E-state index in [1.54, 1.807) is 0 Å². The van der Waals surface area contributed by atoms with Gasteiger partial charge in [0.15, 0.2) is 0 Å². The molecule has 18 heavy (non-hydrogen) atoms. The highest BCUT2D eigenvalue weighted by Crippen LogP contribution is 2.21. The fraction of sp³-hybridized carbons (Fsp3) is 0.909. The zero-order valence-electron chi connectivity index (χ0n) is 10.3. The molecule has 2 unspecified atom stereocenters. The summed E-state index contributed by atoms with van der Waals surface area (Å²) in [6, 6.07) is -0.360. The minimum atomic E-state index is -4.25. The third-order valence-corrected chi connectivity index (χ3v) is 3.11. The summed E-state index contributed by atoms with van der Waals surface area (Å²) >= 11 is 0. The van der Waals surface area contributed by atoms with Gasteiger partial charge in [-0.25, -0.2) is 0 Å². The highest BCUT2D eigenvalue weighted by molar-refractivity contribution is 5.73. The quantitative estimate of drug-likeness (QED) is 0.791. The van der Waals surface area contributed by atoms with E-state index in [0.29, 0.717) is 25.9 Å². The molecule has 1 heterocycles. The summed E-state index contributed by atoms with van der Waals surface area (Å²) < 4.78 is 36.4. The molecule has 106 valence electrons. The predicted octanol–water partition coefficient (Wildman–Crippen LogP) is 0.758. The van der Waals surface area contributed by atoms with Crippen LogP contribution in [0.2, 0.25) is 0 Å². The lowest BCUT2D eigenvalue weighted by Crippen LogP contribution is -2.52. The SMILES string of the molecule is CC(=O)N1CC(CCO)CC(NCC(F)(F)F)C1. The molecule has 2 atom stereocenters. The second kappa shape index (κ2) is 6.38. The molecule has 0 saturated carbocycles. The normalized spacial score (nSPS) is 25.3. The van der Waals surface area contributed by atoms with Gasteiger partial charge in [-0.05, 0) is 18.8 Å². The summed E-state index contributed by atoms with van der Waals surface area (Å²) in [5.41, 5.74) is 0. The van der Waals surface area contributed by atoms with Gasteiger partial charge in [0.25, 0.3) is 0 Å². The Morgan fingerprint density at radius 1 is 1.44 bits per heavy atom. The van der Waals surface area contributed by atoms with Crippen molar-refractivity contribution in [2.45, 2.75) is 32.0 Å². The summed E-state index contributed by atoms with van der Waals surface area (Å²) in [5.74, 6) is -0.0881. The minimum absolute atomic E-state index is 0.0115. The molecule has 4 nitrogen and oxygen atoms in total. The maximum absolute atomic E-state index is 12.1. The Kier molecular flexibility index (Phi) is 5.40. The van der Waals surface area contributed by atoms with Gasteiger partial charge >= 0.3 is 6.18 Å². The number of aliphatic hydroxyl groups is 1. The highest BCUT2D eigenvalue weighted by Gasteiger charge is 2.32. The largest absolute Gasteiger partial charge is 0.401 e. The lowest BCUT2D eigenvalue weighted by molar-refractivity contribution is -0.133. The van der Waals surface area contributed by atoms with E-state index >= 15 is 0 Å². The van der Waals surface area contributed by atoms with E-state index in [0.717, 1.165) is 0 Å². The maximum atomic E-state index is 12.1. The van der Waals surface area contributed by atoms with Gasteiger partial charge in [0.2, 0.25) is 5.91 Å². The molecule has 1 saturated heterocycles. The average molecular weight is 268 g/mol. The Morgan fingerprint density at radius 2 is 2.11 bits per heavy atom. The molecule has 0 aliphatic carbocycles. The summed E-state index contributed by atoms with van der Waals surface area (Å²) in [7, 11) is 0. The monoisotopic (exact) mass is 268 g/mol. The standard InChI is InChI=1S/C11H19F3N2O2/c1-8(18)16-5-9(2-3-17)4-10(6-16)15-7-11(12,13)14/h9-10,15,17H,2-7H2,1H3. The number of carbonyl (C=O) groups excluding carboxylic acids is 1. The Bertz CT molecular complexity index is 284. The fourth-order valence-corrected chi connectivity index (χ4v) is 2.26. The zero-order valence-corrected chi connectivity index (χ0v) is 10.3. The number of hydrogen-bond acceptors (Lipinski definition) is 3. The summed E-state index contributed by atoms with van der Waals surface area (Å²) in [6.45, 7) is 1.16. The third kappa shape index (κ3) is 5.22. The van der Waals surface area contributed by atoms with Crippen LogP contribution in [-0.4, -0.2) is 54.4 Å². The first-order chi connectivity index (χ1) is 8.31. The summed E-state index contributed by atoms with van der Waals surface area (Å²) in [5, 5.41) is 11.3. The van der Waals surface area contributed by atoms with Crippen LogP contribution in [0.25, 0.3) is 0 Å². The first kappa shape index (κ1) is 15.2. The Hall–Kier alpha value is -0.820. The van der Waals surface area contributed by atoms with Gasteiger partial charge in [0.1, 0.15) is 0 Å². The maximum Gasteiger partial charge on any atom is 0.401 e. The van der Waals surface area contributed by atoms with E-state index in [-0.39, 0.29) is 24.5 Å². The molecule has 7 heteroatoms. The fourth-order valence-electron chi connectivity index (χ4n) is 2.26. The van der Waals surface area contributed by atoms with Crippen LogP contribution < -0.4 is 5.32 Å². The van der Waals surface area contributed by atoms with Gasteiger partial charge in [-0.1, -0.05) is 0 Å². The molecular weight excluding hydrogens is 249 g/mol. The molecule has 0 radical (unpaired) electrons. The molecule has 0 aromatic heterocycles. The topological polar surface area (TPSA) is 52.6 Å². The van der Waals surface area contributed by atoms with Crippen LogP contribution in [0.3, 0.4) is 0 Å². The summed E-state index contributed by atoms with van der Waals surface area (Å²) in [6.07, 6.45) is -3.18. The number of likely N-dealkylation sites (tertiary alicyclic amines) is 1. The average Bonchev–Trinajstić information content (AvgIpc) is 2.25. The van der Waals surface area contributed by atoms with Crippen LogP contribution in [0.4, 0.5) is 13.2 Å². The Labute approximate surface area is 104 Å². The number of piperidine rings is 1. The predicted molar refractivity (Wildman–Crippen MR) is 59.9 cm³/mol. The number of carbonyl (C=O) groups is 1. The zero-order chi connectivity index (χ0) is 13.8. The second-order valence-corrected chi connectivity index (χ2v) is 4.73. The van der Waals surface area contributed by atoms with Crippen molar-refractivity contribution in [2.24, 2.45) is 5.92 Å². The van der Waals surface area contributed by atoms with Gasteiger partial charge in [-0.15, -0.1) is 0 Å². The molecule has 1 rings (SSSR count). The van der Waals surface area contributed by atoms with Crippen LogP contribution >= 0.6 is 0 Å². The highest BCUT2D eigenvalue weighted by atomic mass is 19.4. The van der Waals surface area contributed by atoms with Crippen molar-refractivity contribution in [3.8, 4) is 0 Å². The number of nitrogens with one attached hydrogen (secondary N) is 1. The number of alkyl halides is 3. The van der Waals surface area contributed by atoms with Crippen molar-refractivity contribution in [1.29, 1.82) is 0 Å². The molecule has 0 spiro atoms. The van der Waals surface area contributed by atoms with E-state index in [2.05, 4.69) is 5.32 Å². The van der Waals surface area contributed by atoms with Gasteiger partial charge in [-0.2, -0.15) is 13.2 Å². The molecule has 0 aromatic rings. The van der Waals surface area contributed by atoms with E-state index in [9.17, 15) is 18.0 Å². The first-order valence-corrected chi connectivity index (χ1v) is 5.98. The van der Waals surface area contributed by atoms with Crippen LogP contribution in [0.1, 0.15) is 19.8 Å². The summed E-state index contributed by atoms with van der Waals surface area (Å²) in [4.78, 5) is 12.8. The number of amides is 1. The van der Waals surface area contributed by atoms with E-state index < -0.39 is 12.7 Å². The van der Waals surface area contributed by atoms with Crippen LogP contribution in [0.15, 0.2) is 0 Å². The molecule has 1 aliphatic heterocycles. The lowest BCUT2D eigenvalue weighted by atomic mass is 9.91. The first-order valence-electron chi connectivity index (χ1n) is 5.98. The second-order valence-electron chi connectivity index (χ2n) is 4.73. The van der Waals surface area contributed by atoms with Crippen molar-refractivity contribution in [1.82, 2.24) is 10.2 Å². The molecule has 0 bridgehead atoms. The molecule has 1 aliphatic rings. The van der Waals surface area contributed by atoms with Crippen molar-refractivity contribution < 1.29 is 23.1 Å². The molecule has 0 aromatic carbocycles. The van der Waals surface area contributed by atoms with Crippen LogP contribution in [0, 0.1) is 5.92 Å². The minimum Gasteiger partial charge on any atom is -0.396 e. The molecule has 2 N–H and O–H groups in total. The van der Waals surface area contributed by atoms with E-state index in [4.69, 9.17) is 5.11 Å². The Balaban J connectivity index is 2.53. The van der Waals surface area contributed by atoms with Crippen molar-refractivity contribution in [2.75, 3.05) is 26.2 Å². The van der Waals surface area contributed by atoms with Crippen LogP contribution in [-0.2, 0) is 4.79 Å². The van der Waals surface area contributed by atoms with Crippen molar-refractivity contribution >= 4 is 5.91 Å². The molecule has 1 fully saturated rings. The van der Waals surface area contributed by atoms with E-state index in [1.807, 2.05) is 0 Å². The van der Waals surface area contributed by atoms with Crippen LogP contribution in [0.5, 0.6) is 0 Å². The third-order valence-electron chi connectivity index (χ3n) is 3.11. The van der Waals surface area contributed by atoms with Crippen molar-refractivity contribution in [3.05, 3.63) is 0 Å². The van der Waals surface area contributed by atoms with Gasteiger partial charge in [0, 0.05) is 32.7 Å². The lowest BCUT2D eigenvalue weighted by Gasteiger charge is -2.37. The van der Waals surface area contributed by atoms with Crippen molar-refractivity contribution in [3.63, 3.8) is 0 Å². The molecular formula is C11H19F3N2O2. The number of nitrogens with zero attached hydrogens (tertiary/aromatic N) is 1. The number of hydrogen-bond donors (Lipinski definition) is 2. The number of halogens is 3. The van der Waals surface area contributed by atoms with Gasteiger partial charge in [-0.3, -0.25) is 4.79 Å². The number of aliphatic hydroxyl groups excluding tert-OH is 1.